The van der Waals surface area contributed by atoms with Crippen LogP contribution in [0.5, 0.6) is 0 Å². The third kappa shape index (κ3) is 3.35. The lowest BCUT2D eigenvalue weighted by Gasteiger charge is -2.13. The van der Waals surface area contributed by atoms with Crippen molar-refractivity contribution < 1.29 is 0 Å². The molecule has 0 spiro atoms. The van der Waals surface area contributed by atoms with Gasteiger partial charge in [-0.3, -0.25) is 0 Å². The van der Waals surface area contributed by atoms with Gasteiger partial charge < -0.3 is 5.32 Å². The number of hydrogen-bond donors (Lipinski definition) is 1. The second-order valence-corrected chi connectivity index (χ2v) is 6.05. The summed E-state index contributed by atoms with van der Waals surface area (Å²) in [4.78, 5) is 0. The molecule has 1 aromatic heterocycles. The Morgan fingerprint density at radius 2 is 1.71 bits per heavy atom. The van der Waals surface area contributed by atoms with Gasteiger partial charge in [0.25, 0.3) is 0 Å². The Hall–Kier alpha value is -1.61. The Morgan fingerprint density at radius 3 is 2.29 bits per heavy atom. The van der Waals surface area contributed by atoms with E-state index >= 15 is 0 Å². The van der Waals surface area contributed by atoms with Gasteiger partial charge in [0.05, 0.1) is 11.4 Å². The van der Waals surface area contributed by atoms with E-state index in [-0.39, 0.29) is 0 Å². The van der Waals surface area contributed by atoms with E-state index in [0.717, 1.165) is 24.5 Å². The first-order valence-corrected chi connectivity index (χ1v) is 7.79. The largest absolute Gasteiger partial charge is 0.316 e. The van der Waals surface area contributed by atoms with Crippen LogP contribution in [0.15, 0.2) is 18.2 Å². The molecule has 3 nitrogen and oxygen atoms in total. The highest BCUT2D eigenvalue weighted by Gasteiger charge is 2.18. The monoisotopic (exact) mass is 285 g/mol. The van der Waals surface area contributed by atoms with Crippen molar-refractivity contribution in [1.82, 2.24) is 15.1 Å². The Kier molecular flexibility index (Phi) is 4.84. The van der Waals surface area contributed by atoms with Gasteiger partial charge in [-0.15, -0.1) is 0 Å². The minimum absolute atomic E-state index is 0.476. The number of likely N-dealkylation sites (N-methyl/N-ethyl adjacent to an activating group) is 1. The van der Waals surface area contributed by atoms with Crippen molar-refractivity contribution in [2.75, 3.05) is 13.1 Å². The maximum Gasteiger partial charge on any atom is 0.0654 e. The molecule has 0 amide bonds. The quantitative estimate of drug-likeness (QED) is 0.905. The van der Waals surface area contributed by atoms with Gasteiger partial charge in [0, 0.05) is 17.8 Å². The Balaban J connectivity index is 2.43. The lowest BCUT2D eigenvalue weighted by atomic mass is 9.99. The Bertz CT molecular complexity index is 605. The molecule has 2 aromatic rings. The molecule has 3 heteroatoms. The molecule has 2 rings (SSSR count). The minimum Gasteiger partial charge on any atom is -0.316 e. The number of rotatable bonds is 5. The molecule has 0 bridgehead atoms. The van der Waals surface area contributed by atoms with Crippen molar-refractivity contribution in [1.29, 1.82) is 0 Å². The molecule has 1 atom stereocenters. The summed E-state index contributed by atoms with van der Waals surface area (Å²) in [5.41, 5.74) is 7.48. The van der Waals surface area contributed by atoms with E-state index in [1.165, 1.54) is 22.4 Å². The van der Waals surface area contributed by atoms with Crippen LogP contribution in [0.4, 0.5) is 0 Å². The highest BCUT2D eigenvalue weighted by molar-refractivity contribution is 5.42. The van der Waals surface area contributed by atoms with Crippen LogP contribution in [-0.4, -0.2) is 22.9 Å². The van der Waals surface area contributed by atoms with E-state index in [4.69, 9.17) is 5.10 Å². The normalized spacial score (nSPS) is 12.7. The molecule has 1 heterocycles. The predicted octanol–water partition coefficient (Wildman–Crippen LogP) is 3.82. The summed E-state index contributed by atoms with van der Waals surface area (Å²) in [5.74, 6) is 0.476. The van der Waals surface area contributed by atoms with Gasteiger partial charge in [-0.25, -0.2) is 4.68 Å². The average molecular weight is 285 g/mol. The molecule has 1 unspecified atom stereocenters. The molecule has 21 heavy (non-hydrogen) atoms. The zero-order valence-electron chi connectivity index (χ0n) is 14.1. The van der Waals surface area contributed by atoms with E-state index in [1.54, 1.807) is 0 Å². The molecule has 114 valence electrons. The molecule has 0 aliphatic heterocycles. The first-order chi connectivity index (χ1) is 9.93. The molecular weight excluding hydrogens is 258 g/mol. The molecule has 0 fully saturated rings. The van der Waals surface area contributed by atoms with Crippen molar-refractivity contribution >= 4 is 0 Å². The first-order valence-electron chi connectivity index (χ1n) is 7.79. The molecule has 0 radical (unpaired) electrons. The van der Waals surface area contributed by atoms with Crippen LogP contribution < -0.4 is 5.32 Å². The summed E-state index contributed by atoms with van der Waals surface area (Å²) >= 11 is 0. The van der Waals surface area contributed by atoms with Crippen molar-refractivity contribution in [3.8, 4) is 5.69 Å². The van der Waals surface area contributed by atoms with Crippen molar-refractivity contribution in [3.05, 3.63) is 46.3 Å². The van der Waals surface area contributed by atoms with Gasteiger partial charge in [0.15, 0.2) is 0 Å². The van der Waals surface area contributed by atoms with Gasteiger partial charge in [-0.2, -0.15) is 5.10 Å². The van der Waals surface area contributed by atoms with E-state index in [0.29, 0.717) is 5.92 Å². The van der Waals surface area contributed by atoms with Crippen molar-refractivity contribution in [3.63, 3.8) is 0 Å². The standard InChI is InChI=1S/C18H27N3/c1-7-19-11-14(4)18-15(5)20-21(16(18)6)17-9-12(2)8-13(3)10-17/h8-10,14,19H,7,11H2,1-6H3. The molecule has 0 saturated carbocycles. The molecule has 1 N–H and O–H groups in total. The van der Waals surface area contributed by atoms with Crippen LogP contribution in [-0.2, 0) is 0 Å². The van der Waals surface area contributed by atoms with Crippen molar-refractivity contribution in [2.45, 2.75) is 47.5 Å². The average Bonchev–Trinajstić information content (AvgIpc) is 2.70. The SMILES string of the molecule is CCNCC(C)c1c(C)nn(-c2cc(C)cc(C)c2)c1C. The molecule has 0 aliphatic carbocycles. The van der Waals surface area contributed by atoms with Crippen LogP contribution in [0.2, 0.25) is 0 Å². The fraction of sp³-hybridized carbons (Fsp3) is 0.500. The number of nitrogens with zero attached hydrogens (tertiary/aromatic N) is 2. The van der Waals surface area contributed by atoms with Gasteiger partial charge >= 0.3 is 0 Å². The Morgan fingerprint density at radius 1 is 1.10 bits per heavy atom. The first kappa shape index (κ1) is 15.8. The van der Waals surface area contributed by atoms with Crippen LogP contribution in [0.3, 0.4) is 0 Å². The number of nitrogens with one attached hydrogen (secondary N) is 1. The number of aromatic nitrogens is 2. The van der Waals surface area contributed by atoms with Gasteiger partial charge in [0.2, 0.25) is 0 Å². The molecule has 0 saturated heterocycles. The molecule has 1 aromatic carbocycles. The van der Waals surface area contributed by atoms with E-state index in [1.807, 2.05) is 0 Å². The maximum atomic E-state index is 4.78. The molecular formula is C18H27N3. The lowest BCUT2D eigenvalue weighted by Crippen LogP contribution is -2.20. The maximum absolute atomic E-state index is 4.78. The highest BCUT2D eigenvalue weighted by atomic mass is 15.3. The summed E-state index contributed by atoms with van der Waals surface area (Å²) in [6.07, 6.45) is 0. The number of benzene rings is 1. The zero-order valence-corrected chi connectivity index (χ0v) is 14.1. The van der Waals surface area contributed by atoms with E-state index in [9.17, 15) is 0 Å². The second-order valence-electron chi connectivity index (χ2n) is 6.05. The van der Waals surface area contributed by atoms with Crippen LogP contribution >= 0.6 is 0 Å². The summed E-state index contributed by atoms with van der Waals surface area (Å²) in [7, 11) is 0. The minimum atomic E-state index is 0.476. The van der Waals surface area contributed by atoms with Crippen LogP contribution in [0.25, 0.3) is 5.69 Å². The summed E-state index contributed by atoms with van der Waals surface area (Å²) < 4.78 is 2.09. The highest BCUT2D eigenvalue weighted by Crippen LogP contribution is 2.25. The lowest BCUT2D eigenvalue weighted by molar-refractivity contribution is 0.630. The molecule has 0 aliphatic rings. The smallest absolute Gasteiger partial charge is 0.0654 e. The van der Waals surface area contributed by atoms with Crippen molar-refractivity contribution in [2.24, 2.45) is 0 Å². The third-order valence-electron chi connectivity index (χ3n) is 3.99. The number of aryl methyl sites for hydroxylation is 3. The third-order valence-corrected chi connectivity index (χ3v) is 3.99. The summed E-state index contributed by atoms with van der Waals surface area (Å²) in [6, 6.07) is 6.60. The van der Waals surface area contributed by atoms with E-state index < -0.39 is 0 Å². The second kappa shape index (κ2) is 6.44. The van der Waals surface area contributed by atoms with Crippen LogP contribution in [0, 0.1) is 27.7 Å². The summed E-state index contributed by atoms with van der Waals surface area (Å²) in [6.45, 7) is 15.0. The fourth-order valence-electron chi connectivity index (χ4n) is 3.16. The van der Waals surface area contributed by atoms with E-state index in [2.05, 4.69) is 69.7 Å². The predicted molar refractivity (Wildman–Crippen MR) is 89.5 cm³/mol. The van der Waals surface area contributed by atoms with Crippen LogP contribution in [0.1, 0.15) is 47.8 Å². The topological polar surface area (TPSA) is 29.9 Å². The van der Waals surface area contributed by atoms with Gasteiger partial charge in [-0.05, 0) is 63.4 Å². The Labute approximate surface area is 128 Å². The fourth-order valence-corrected chi connectivity index (χ4v) is 3.16. The van der Waals surface area contributed by atoms with Gasteiger partial charge in [-0.1, -0.05) is 19.9 Å². The van der Waals surface area contributed by atoms with Gasteiger partial charge in [0.1, 0.15) is 0 Å². The number of hydrogen-bond acceptors (Lipinski definition) is 2. The zero-order chi connectivity index (χ0) is 15.6. The summed E-state index contributed by atoms with van der Waals surface area (Å²) in [5, 5.41) is 8.21.